The van der Waals surface area contributed by atoms with Gasteiger partial charge in [-0.1, -0.05) is 17.7 Å². The maximum absolute atomic E-state index is 13.2. The van der Waals surface area contributed by atoms with Crippen molar-refractivity contribution in [2.75, 3.05) is 20.1 Å². The molecule has 0 bridgehead atoms. The Labute approximate surface area is 100 Å². The number of hydrogen-bond acceptors (Lipinski definition) is 2. The first-order chi connectivity index (χ1) is 7.66. The Morgan fingerprint density at radius 2 is 2.38 bits per heavy atom. The summed E-state index contributed by atoms with van der Waals surface area (Å²) in [5.74, 6) is -0.336. The summed E-state index contributed by atoms with van der Waals surface area (Å²) in [4.78, 5) is 2.25. The third kappa shape index (κ3) is 2.73. The zero-order valence-electron chi connectivity index (χ0n) is 9.34. The lowest BCUT2D eigenvalue weighted by atomic mass is 10.1. The molecule has 88 valence electrons. The van der Waals surface area contributed by atoms with Gasteiger partial charge in [0.15, 0.2) is 0 Å². The summed E-state index contributed by atoms with van der Waals surface area (Å²) in [6.07, 6.45) is 1.16. The first kappa shape index (κ1) is 11.8. The lowest BCUT2D eigenvalue weighted by Gasteiger charge is -2.23. The Bertz CT molecular complexity index is 364. The van der Waals surface area contributed by atoms with Gasteiger partial charge in [-0.25, -0.2) is 4.39 Å². The minimum Gasteiger partial charge on any atom is -0.315 e. The Morgan fingerprint density at radius 1 is 1.56 bits per heavy atom. The second-order valence-electron chi connectivity index (χ2n) is 4.31. The van der Waals surface area contributed by atoms with Crippen LogP contribution in [0.4, 0.5) is 4.39 Å². The van der Waals surface area contributed by atoms with E-state index >= 15 is 0 Å². The summed E-state index contributed by atoms with van der Waals surface area (Å²) in [6, 6.07) is 5.57. The normalized spacial score (nSPS) is 20.6. The molecule has 1 N–H and O–H groups in total. The standard InChI is InChI=1S/C12H16ClFN2/c1-16(10-4-5-15-7-10)8-9-2-3-11(13)12(14)6-9/h2-3,6,10,15H,4-5,7-8H2,1H3. The average molecular weight is 243 g/mol. The Kier molecular flexibility index (Phi) is 3.79. The van der Waals surface area contributed by atoms with Gasteiger partial charge in [0, 0.05) is 19.1 Å². The molecule has 1 aliphatic rings. The van der Waals surface area contributed by atoms with Gasteiger partial charge in [0.1, 0.15) is 5.82 Å². The van der Waals surface area contributed by atoms with Gasteiger partial charge in [-0.15, -0.1) is 0 Å². The maximum Gasteiger partial charge on any atom is 0.142 e. The van der Waals surface area contributed by atoms with Crippen LogP contribution in [0.2, 0.25) is 5.02 Å². The smallest absolute Gasteiger partial charge is 0.142 e. The van der Waals surface area contributed by atoms with Gasteiger partial charge in [-0.05, 0) is 37.7 Å². The molecular formula is C12H16ClFN2. The quantitative estimate of drug-likeness (QED) is 0.875. The Morgan fingerprint density at radius 3 is 3.00 bits per heavy atom. The molecule has 16 heavy (non-hydrogen) atoms. The van der Waals surface area contributed by atoms with Crippen LogP contribution in [-0.4, -0.2) is 31.1 Å². The van der Waals surface area contributed by atoms with Crippen molar-refractivity contribution in [1.82, 2.24) is 10.2 Å². The van der Waals surface area contributed by atoms with Crippen LogP contribution in [0.3, 0.4) is 0 Å². The third-order valence-electron chi connectivity index (χ3n) is 3.07. The van der Waals surface area contributed by atoms with Crippen molar-refractivity contribution in [2.45, 2.75) is 19.0 Å². The van der Waals surface area contributed by atoms with Gasteiger partial charge in [0.2, 0.25) is 0 Å². The summed E-state index contributed by atoms with van der Waals surface area (Å²) in [6.45, 7) is 2.86. The molecular weight excluding hydrogens is 227 g/mol. The van der Waals surface area contributed by atoms with E-state index in [0.29, 0.717) is 6.04 Å². The van der Waals surface area contributed by atoms with E-state index in [-0.39, 0.29) is 10.8 Å². The van der Waals surface area contributed by atoms with Crippen LogP contribution in [0, 0.1) is 5.82 Å². The van der Waals surface area contributed by atoms with Crippen LogP contribution in [0.5, 0.6) is 0 Å². The van der Waals surface area contributed by atoms with Gasteiger partial charge in [-0.3, -0.25) is 4.90 Å². The van der Waals surface area contributed by atoms with Gasteiger partial charge in [0.05, 0.1) is 5.02 Å². The molecule has 4 heteroatoms. The monoisotopic (exact) mass is 242 g/mol. The van der Waals surface area contributed by atoms with Crippen molar-refractivity contribution in [3.63, 3.8) is 0 Å². The topological polar surface area (TPSA) is 15.3 Å². The molecule has 0 spiro atoms. The highest BCUT2D eigenvalue weighted by atomic mass is 35.5. The molecule has 2 nitrogen and oxygen atoms in total. The molecule has 1 atom stereocenters. The van der Waals surface area contributed by atoms with E-state index < -0.39 is 0 Å². The van der Waals surface area contributed by atoms with E-state index in [1.807, 2.05) is 6.07 Å². The van der Waals surface area contributed by atoms with Crippen LogP contribution in [0.25, 0.3) is 0 Å². The van der Waals surface area contributed by atoms with Crippen molar-refractivity contribution in [3.8, 4) is 0 Å². The van der Waals surface area contributed by atoms with E-state index in [1.165, 1.54) is 6.07 Å². The largest absolute Gasteiger partial charge is 0.315 e. The van der Waals surface area contributed by atoms with E-state index in [4.69, 9.17) is 11.6 Å². The minimum atomic E-state index is -0.336. The summed E-state index contributed by atoms with van der Waals surface area (Å²) in [7, 11) is 2.07. The first-order valence-electron chi connectivity index (χ1n) is 5.51. The summed E-state index contributed by atoms with van der Waals surface area (Å²) in [5.41, 5.74) is 0.969. The fourth-order valence-corrected chi connectivity index (χ4v) is 2.19. The van der Waals surface area contributed by atoms with Gasteiger partial charge in [-0.2, -0.15) is 0 Å². The van der Waals surface area contributed by atoms with Crippen LogP contribution < -0.4 is 5.32 Å². The summed E-state index contributed by atoms with van der Waals surface area (Å²) in [5, 5.41) is 3.51. The summed E-state index contributed by atoms with van der Waals surface area (Å²) < 4.78 is 13.2. The van der Waals surface area contributed by atoms with E-state index in [9.17, 15) is 4.39 Å². The number of hydrogen-bond donors (Lipinski definition) is 1. The fraction of sp³-hybridized carbons (Fsp3) is 0.500. The number of rotatable bonds is 3. The lowest BCUT2D eigenvalue weighted by Crippen LogP contribution is -2.32. The number of nitrogens with one attached hydrogen (secondary N) is 1. The number of likely N-dealkylation sites (N-methyl/N-ethyl adjacent to an activating group) is 1. The molecule has 1 aromatic rings. The van der Waals surface area contributed by atoms with Crippen molar-refractivity contribution < 1.29 is 4.39 Å². The molecule has 1 aromatic carbocycles. The average Bonchev–Trinajstić information content (AvgIpc) is 2.77. The molecule has 0 amide bonds. The SMILES string of the molecule is CN(Cc1ccc(Cl)c(F)c1)C1CCNC1. The van der Waals surface area contributed by atoms with Crippen LogP contribution in [0.1, 0.15) is 12.0 Å². The van der Waals surface area contributed by atoms with E-state index in [0.717, 1.165) is 31.6 Å². The van der Waals surface area contributed by atoms with Crippen molar-refractivity contribution in [3.05, 3.63) is 34.6 Å². The van der Waals surface area contributed by atoms with Gasteiger partial charge >= 0.3 is 0 Å². The highest BCUT2D eigenvalue weighted by Crippen LogP contribution is 2.17. The number of nitrogens with zero attached hydrogens (tertiary/aromatic N) is 1. The van der Waals surface area contributed by atoms with Gasteiger partial charge < -0.3 is 5.32 Å². The predicted molar refractivity (Wildman–Crippen MR) is 64.2 cm³/mol. The summed E-state index contributed by atoms with van der Waals surface area (Å²) >= 11 is 5.65. The number of halogens is 2. The minimum absolute atomic E-state index is 0.189. The Balaban J connectivity index is 1.99. The van der Waals surface area contributed by atoms with Crippen molar-refractivity contribution >= 4 is 11.6 Å². The van der Waals surface area contributed by atoms with Crippen molar-refractivity contribution in [1.29, 1.82) is 0 Å². The van der Waals surface area contributed by atoms with E-state index in [1.54, 1.807) is 6.07 Å². The number of benzene rings is 1. The maximum atomic E-state index is 13.2. The molecule has 1 unspecified atom stereocenters. The molecule has 1 heterocycles. The highest BCUT2D eigenvalue weighted by molar-refractivity contribution is 6.30. The molecule has 0 aliphatic carbocycles. The second-order valence-corrected chi connectivity index (χ2v) is 4.72. The molecule has 0 saturated carbocycles. The third-order valence-corrected chi connectivity index (χ3v) is 3.38. The van der Waals surface area contributed by atoms with Crippen LogP contribution in [0.15, 0.2) is 18.2 Å². The lowest BCUT2D eigenvalue weighted by molar-refractivity contribution is 0.248. The Hall–Kier alpha value is -0.640. The van der Waals surface area contributed by atoms with Crippen molar-refractivity contribution in [2.24, 2.45) is 0 Å². The molecule has 1 fully saturated rings. The fourth-order valence-electron chi connectivity index (χ4n) is 2.07. The molecule has 0 aromatic heterocycles. The zero-order chi connectivity index (χ0) is 11.5. The second kappa shape index (κ2) is 5.13. The molecule has 0 radical (unpaired) electrons. The first-order valence-corrected chi connectivity index (χ1v) is 5.89. The van der Waals surface area contributed by atoms with E-state index in [2.05, 4.69) is 17.3 Å². The van der Waals surface area contributed by atoms with Crippen LogP contribution in [-0.2, 0) is 6.54 Å². The predicted octanol–water partition coefficient (Wildman–Crippen LogP) is 2.27. The molecule has 1 saturated heterocycles. The molecule has 2 rings (SSSR count). The van der Waals surface area contributed by atoms with Gasteiger partial charge in [0.25, 0.3) is 0 Å². The highest BCUT2D eigenvalue weighted by Gasteiger charge is 2.19. The zero-order valence-corrected chi connectivity index (χ0v) is 10.1. The van der Waals surface area contributed by atoms with Crippen LogP contribution >= 0.6 is 11.6 Å². The molecule has 1 aliphatic heterocycles.